The summed E-state index contributed by atoms with van der Waals surface area (Å²) < 4.78 is 10.8. The number of benzene rings is 1. The molecular formula is C13H19NO2S. The second-order valence-corrected chi connectivity index (χ2v) is 4.21. The summed E-state index contributed by atoms with van der Waals surface area (Å²) in [6.07, 6.45) is 1.54. The second-order valence-electron chi connectivity index (χ2n) is 3.69. The minimum absolute atomic E-state index is 0.510. The zero-order valence-electron chi connectivity index (χ0n) is 10.1. The molecule has 94 valence electrons. The lowest BCUT2D eigenvalue weighted by molar-refractivity contribution is 0.131. The van der Waals surface area contributed by atoms with Crippen LogP contribution in [-0.2, 0) is 11.2 Å². The van der Waals surface area contributed by atoms with Crippen LogP contribution in [0.2, 0.25) is 0 Å². The first-order valence-electron chi connectivity index (χ1n) is 5.80. The van der Waals surface area contributed by atoms with Gasteiger partial charge in [-0.3, -0.25) is 0 Å². The molecule has 4 heteroatoms. The van der Waals surface area contributed by atoms with Crippen LogP contribution in [0.4, 0.5) is 0 Å². The Morgan fingerprint density at radius 2 is 1.94 bits per heavy atom. The van der Waals surface area contributed by atoms with E-state index in [1.165, 1.54) is 0 Å². The largest absolute Gasteiger partial charge is 0.494 e. The molecule has 0 atom stereocenters. The maximum Gasteiger partial charge on any atom is 0.119 e. The number of rotatable bonds is 8. The van der Waals surface area contributed by atoms with E-state index < -0.39 is 0 Å². The molecule has 0 aromatic heterocycles. The van der Waals surface area contributed by atoms with Crippen LogP contribution in [0.1, 0.15) is 18.9 Å². The van der Waals surface area contributed by atoms with Gasteiger partial charge in [-0.05, 0) is 24.6 Å². The molecule has 0 bridgehead atoms. The molecule has 0 aliphatic heterocycles. The van der Waals surface area contributed by atoms with Crippen molar-refractivity contribution in [1.29, 1.82) is 0 Å². The van der Waals surface area contributed by atoms with E-state index >= 15 is 0 Å². The number of ether oxygens (including phenoxy) is 2. The molecule has 0 saturated heterocycles. The van der Waals surface area contributed by atoms with Gasteiger partial charge in [0.2, 0.25) is 0 Å². The number of hydrogen-bond acceptors (Lipinski definition) is 3. The molecule has 0 radical (unpaired) electrons. The molecule has 1 aromatic carbocycles. The Bertz CT molecular complexity index is 338. The van der Waals surface area contributed by atoms with Crippen LogP contribution >= 0.6 is 12.2 Å². The van der Waals surface area contributed by atoms with Crippen LogP contribution in [0.15, 0.2) is 24.3 Å². The van der Waals surface area contributed by atoms with Crippen molar-refractivity contribution >= 4 is 17.2 Å². The van der Waals surface area contributed by atoms with Crippen molar-refractivity contribution < 1.29 is 9.47 Å². The minimum atomic E-state index is 0.510. The van der Waals surface area contributed by atoms with Crippen molar-refractivity contribution in [3.8, 4) is 5.75 Å². The molecule has 2 N–H and O–H groups in total. The summed E-state index contributed by atoms with van der Waals surface area (Å²) in [4.78, 5) is 0.510. The summed E-state index contributed by atoms with van der Waals surface area (Å²) in [7, 11) is 0. The molecule has 1 aromatic rings. The molecular weight excluding hydrogens is 234 g/mol. The molecule has 0 amide bonds. The summed E-state index contributed by atoms with van der Waals surface area (Å²) in [5, 5.41) is 0. The molecule has 0 heterocycles. The molecule has 0 aliphatic carbocycles. The first kappa shape index (κ1) is 13.9. The van der Waals surface area contributed by atoms with E-state index in [4.69, 9.17) is 27.4 Å². The van der Waals surface area contributed by atoms with Crippen LogP contribution in [0, 0.1) is 0 Å². The van der Waals surface area contributed by atoms with Crippen molar-refractivity contribution in [2.45, 2.75) is 19.8 Å². The molecule has 0 unspecified atom stereocenters. The second kappa shape index (κ2) is 8.03. The summed E-state index contributed by atoms with van der Waals surface area (Å²) in [6, 6.07) is 7.84. The zero-order valence-corrected chi connectivity index (χ0v) is 11.0. The third-order valence-corrected chi connectivity index (χ3v) is 2.35. The van der Waals surface area contributed by atoms with E-state index in [9.17, 15) is 0 Å². The molecule has 3 nitrogen and oxygen atoms in total. The summed E-state index contributed by atoms with van der Waals surface area (Å²) in [6.45, 7) is 4.17. The van der Waals surface area contributed by atoms with Gasteiger partial charge in [-0.25, -0.2) is 0 Å². The Morgan fingerprint density at radius 1 is 1.24 bits per heavy atom. The summed E-state index contributed by atoms with van der Waals surface area (Å²) in [5.41, 5.74) is 6.59. The van der Waals surface area contributed by atoms with Crippen LogP contribution in [-0.4, -0.2) is 24.8 Å². The van der Waals surface area contributed by atoms with Gasteiger partial charge in [-0.15, -0.1) is 0 Å². The van der Waals surface area contributed by atoms with Crippen molar-refractivity contribution in [1.82, 2.24) is 0 Å². The summed E-state index contributed by atoms with van der Waals surface area (Å²) in [5.74, 6) is 0.869. The van der Waals surface area contributed by atoms with Gasteiger partial charge in [-0.2, -0.15) is 0 Å². The Labute approximate surface area is 108 Å². The predicted octanol–water partition coefficient (Wildman–Crippen LogP) is 2.32. The molecule has 17 heavy (non-hydrogen) atoms. The average Bonchev–Trinajstić information content (AvgIpc) is 2.30. The fourth-order valence-electron chi connectivity index (χ4n) is 1.40. The fourth-order valence-corrected chi connectivity index (χ4v) is 1.57. The molecule has 1 rings (SSSR count). The monoisotopic (exact) mass is 253 g/mol. The normalized spacial score (nSPS) is 10.2. The highest BCUT2D eigenvalue weighted by Gasteiger charge is 1.97. The first-order valence-corrected chi connectivity index (χ1v) is 6.21. The minimum Gasteiger partial charge on any atom is -0.494 e. The summed E-state index contributed by atoms with van der Waals surface area (Å²) >= 11 is 4.85. The highest BCUT2D eigenvalue weighted by atomic mass is 32.1. The zero-order chi connectivity index (χ0) is 12.5. The highest BCUT2D eigenvalue weighted by Crippen LogP contribution is 2.12. The van der Waals surface area contributed by atoms with E-state index in [1.54, 1.807) is 0 Å². The van der Waals surface area contributed by atoms with E-state index in [0.717, 1.165) is 30.9 Å². The Kier molecular flexibility index (Phi) is 6.58. The van der Waals surface area contributed by atoms with Gasteiger partial charge in [0.25, 0.3) is 0 Å². The van der Waals surface area contributed by atoms with Gasteiger partial charge in [0.1, 0.15) is 5.75 Å². The Hall–Kier alpha value is -1.13. The van der Waals surface area contributed by atoms with Gasteiger partial charge in [0.05, 0.1) is 11.6 Å². The maximum absolute atomic E-state index is 5.57. The van der Waals surface area contributed by atoms with Crippen molar-refractivity contribution in [2.75, 3.05) is 19.8 Å². The quantitative estimate of drug-likeness (QED) is 0.570. The third-order valence-electron chi connectivity index (χ3n) is 2.21. The van der Waals surface area contributed by atoms with Crippen LogP contribution in [0.5, 0.6) is 5.75 Å². The van der Waals surface area contributed by atoms with E-state index in [1.807, 2.05) is 31.2 Å². The van der Waals surface area contributed by atoms with Crippen molar-refractivity contribution in [2.24, 2.45) is 5.73 Å². The standard InChI is InChI=1S/C13H19NO2S/c1-2-15-8-3-9-16-12-6-4-11(5-7-12)10-13(14)17/h4-7H,2-3,8-10H2,1H3,(H2,14,17). The Balaban J connectivity index is 2.28. The molecule has 0 aliphatic rings. The van der Waals surface area contributed by atoms with Gasteiger partial charge in [0, 0.05) is 26.1 Å². The highest BCUT2D eigenvalue weighted by molar-refractivity contribution is 7.80. The van der Waals surface area contributed by atoms with Crippen LogP contribution in [0.3, 0.4) is 0 Å². The van der Waals surface area contributed by atoms with E-state index in [0.29, 0.717) is 18.0 Å². The lowest BCUT2D eigenvalue weighted by Gasteiger charge is -2.07. The lowest BCUT2D eigenvalue weighted by Crippen LogP contribution is -2.10. The number of nitrogens with two attached hydrogens (primary N) is 1. The van der Waals surface area contributed by atoms with Crippen LogP contribution < -0.4 is 10.5 Å². The first-order chi connectivity index (χ1) is 8.22. The smallest absolute Gasteiger partial charge is 0.119 e. The predicted molar refractivity (Wildman–Crippen MR) is 73.5 cm³/mol. The van der Waals surface area contributed by atoms with Crippen molar-refractivity contribution in [3.05, 3.63) is 29.8 Å². The van der Waals surface area contributed by atoms with E-state index in [-0.39, 0.29) is 0 Å². The Morgan fingerprint density at radius 3 is 2.53 bits per heavy atom. The SMILES string of the molecule is CCOCCCOc1ccc(CC(N)=S)cc1. The molecule has 0 saturated carbocycles. The molecule has 0 spiro atoms. The van der Waals surface area contributed by atoms with Gasteiger partial charge in [0.15, 0.2) is 0 Å². The topological polar surface area (TPSA) is 44.5 Å². The number of hydrogen-bond donors (Lipinski definition) is 1. The van der Waals surface area contributed by atoms with Crippen molar-refractivity contribution in [3.63, 3.8) is 0 Å². The number of thiocarbonyl (C=S) groups is 1. The average molecular weight is 253 g/mol. The molecule has 0 fully saturated rings. The van der Waals surface area contributed by atoms with Gasteiger partial charge >= 0.3 is 0 Å². The fraction of sp³-hybridized carbons (Fsp3) is 0.462. The third kappa shape index (κ3) is 6.24. The van der Waals surface area contributed by atoms with Crippen LogP contribution in [0.25, 0.3) is 0 Å². The lowest BCUT2D eigenvalue weighted by atomic mass is 10.1. The van der Waals surface area contributed by atoms with Gasteiger partial charge < -0.3 is 15.2 Å². The van der Waals surface area contributed by atoms with E-state index in [2.05, 4.69) is 0 Å². The van der Waals surface area contributed by atoms with Gasteiger partial charge in [-0.1, -0.05) is 24.4 Å². The maximum atomic E-state index is 5.57.